The van der Waals surface area contributed by atoms with E-state index in [2.05, 4.69) is 0 Å². The number of aromatic nitrogens is 1. The molecule has 31 heavy (non-hydrogen) atoms. The number of alkyl halides is 3. The van der Waals surface area contributed by atoms with Crippen LogP contribution >= 0.6 is 11.6 Å². The van der Waals surface area contributed by atoms with E-state index < -0.39 is 17.8 Å². The summed E-state index contributed by atoms with van der Waals surface area (Å²) in [6.07, 6.45) is -2.79. The molecule has 3 N–H and O–H groups in total. The highest BCUT2D eigenvalue weighted by atomic mass is 35.5. The summed E-state index contributed by atoms with van der Waals surface area (Å²) in [5, 5.41) is 7.86. The van der Waals surface area contributed by atoms with Crippen LogP contribution in [0.15, 0.2) is 42.1 Å². The lowest BCUT2D eigenvalue weighted by molar-refractivity contribution is -0.143. The van der Waals surface area contributed by atoms with Crippen molar-refractivity contribution in [1.82, 2.24) is 9.47 Å². The molecule has 0 saturated heterocycles. The number of halogens is 4. The molecule has 0 aliphatic rings. The minimum Gasteiger partial charge on any atom is -0.404 e. The molecule has 5 nitrogen and oxygen atoms in total. The van der Waals surface area contributed by atoms with Gasteiger partial charge in [-0.2, -0.15) is 13.2 Å². The fraction of sp³-hybridized carbons (Fsp3) is 0.364. The molecule has 1 aromatic heterocycles. The summed E-state index contributed by atoms with van der Waals surface area (Å²) in [5.41, 5.74) is 4.80. The van der Waals surface area contributed by atoms with Gasteiger partial charge < -0.3 is 20.6 Å². The van der Waals surface area contributed by atoms with Gasteiger partial charge in [-0.05, 0) is 29.2 Å². The Bertz CT molecular complexity index is 986. The zero-order valence-corrected chi connectivity index (χ0v) is 18.6. The van der Waals surface area contributed by atoms with Gasteiger partial charge in [-0.25, -0.2) is 0 Å². The number of benzene rings is 1. The fourth-order valence-corrected chi connectivity index (χ4v) is 3.45. The van der Waals surface area contributed by atoms with Crippen LogP contribution in [0.3, 0.4) is 0 Å². The Morgan fingerprint density at radius 3 is 2.26 bits per heavy atom. The van der Waals surface area contributed by atoms with Crippen LogP contribution in [0.2, 0.25) is 5.02 Å². The van der Waals surface area contributed by atoms with Gasteiger partial charge in [0.2, 0.25) is 0 Å². The molecular formula is C22H26ClF3N4O. The zero-order chi connectivity index (χ0) is 23.6. The molecule has 0 atom stereocenters. The number of nitrogens with one attached hydrogen (secondary N) is 1. The van der Waals surface area contributed by atoms with Crippen molar-refractivity contribution in [3.8, 4) is 11.1 Å². The number of carbonyl (C=O) groups excluding carboxylic acids is 1. The van der Waals surface area contributed by atoms with Crippen LogP contribution in [-0.2, 0) is 12.7 Å². The summed E-state index contributed by atoms with van der Waals surface area (Å²) < 4.78 is 42.7. The second-order valence-electron chi connectivity index (χ2n) is 8.49. The highest BCUT2D eigenvalue weighted by molar-refractivity contribution is 6.30. The number of hydrogen-bond donors (Lipinski definition) is 2. The quantitative estimate of drug-likeness (QED) is 0.570. The first-order chi connectivity index (χ1) is 14.3. The monoisotopic (exact) mass is 454 g/mol. The molecule has 0 bridgehead atoms. The van der Waals surface area contributed by atoms with Gasteiger partial charge in [-0.3, -0.25) is 4.79 Å². The number of amides is 1. The molecule has 0 spiro atoms. The van der Waals surface area contributed by atoms with Gasteiger partial charge in [0.1, 0.15) is 11.4 Å². The largest absolute Gasteiger partial charge is 0.431 e. The first kappa shape index (κ1) is 24.5. The molecule has 2 aromatic rings. The van der Waals surface area contributed by atoms with E-state index in [1.165, 1.54) is 4.90 Å². The molecule has 1 aromatic carbocycles. The third-order valence-corrected chi connectivity index (χ3v) is 4.80. The number of allylic oxidation sites excluding steroid dienone is 1. The van der Waals surface area contributed by atoms with E-state index in [4.69, 9.17) is 22.7 Å². The second-order valence-corrected chi connectivity index (χ2v) is 8.93. The van der Waals surface area contributed by atoms with Gasteiger partial charge in [0, 0.05) is 42.2 Å². The summed E-state index contributed by atoms with van der Waals surface area (Å²) >= 11 is 5.93. The summed E-state index contributed by atoms with van der Waals surface area (Å²) in [6, 6.07) is 7.20. The normalized spacial score (nSPS) is 12.7. The predicted octanol–water partition coefficient (Wildman–Crippen LogP) is 5.44. The fourth-order valence-electron chi connectivity index (χ4n) is 3.32. The Labute approximate surface area is 184 Å². The van der Waals surface area contributed by atoms with Crippen LogP contribution < -0.4 is 5.73 Å². The average molecular weight is 455 g/mol. The maximum atomic E-state index is 13.9. The summed E-state index contributed by atoms with van der Waals surface area (Å²) in [4.78, 5) is 14.8. The van der Waals surface area contributed by atoms with Crippen molar-refractivity contribution in [2.24, 2.45) is 11.1 Å². The number of nitrogens with zero attached hydrogens (tertiary/aromatic N) is 2. The van der Waals surface area contributed by atoms with Crippen LogP contribution in [0, 0.1) is 10.8 Å². The second kappa shape index (κ2) is 9.18. The Morgan fingerprint density at radius 1 is 1.23 bits per heavy atom. The summed E-state index contributed by atoms with van der Waals surface area (Å²) in [5.74, 6) is -0.559. The smallest absolute Gasteiger partial charge is 0.404 e. The van der Waals surface area contributed by atoms with E-state index >= 15 is 0 Å². The highest BCUT2D eigenvalue weighted by Gasteiger charge is 2.39. The molecule has 0 radical (unpaired) electrons. The minimum atomic E-state index is -4.72. The van der Waals surface area contributed by atoms with Gasteiger partial charge in [-0.15, -0.1) is 0 Å². The van der Waals surface area contributed by atoms with Crippen LogP contribution in [-0.4, -0.2) is 35.2 Å². The lowest BCUT2D eigenvalue weighted by Crippen LogP contribution is -2.36. The molecular weight excluding hydrogens is 429 g/mol. The lowest BCUT2D eigenvalue weighted by Gasteiger charge is -2.28. The molecule has 0 aliphatic carbocycles. The van der Waals surface area contributed by atoms with Crippen molar-refractivity contribution < 1.29 is 18.0 Å². The molecule has 2 rings (SSSR count). The molecule has 9 heteroatoms. The van der Waals surface area contributed by atoms with Crippen molar-refractivity contribution in [2.75, 3.05) is 13.6 Å². The molecule has 168 valence electrons. The first-order valence-corrected chi connectivity index (χ1v) is 9.89. The van der Waals surface area contributed by atoms with Crippen molar-refractivity contribution >= 4 is 23.7 Å². The molecule has 0 aliphatic heterocycles. The average Bonchev–Trinajstić information content (AvgIpc) is 3.04. The number of rotatable bonds is 6. The highest BCUT2D eigenvalue weighted by Crippen LogP contribution is 2.38. The van der Waals surface area contributed by atoms with E-state index in [1.54, 1.807) is 31.3 Å². The number of hydrogen-bond acceptors (Lipinski definition) is 3. The molecule has 1 amide bonds. The Balaban J connectivity index is 2.80. The minimum absolute atomic E-state index is 0.123. The zero-order valence-electron chi connectivity index (χ0n) is 17.8. The number of nitrogens with two attached hydrogens (primary N) is 1. The van der Waals surface area contributed by atoms with Crippen LogP contribution in [0.5, 0.6) is 0 Å². The maximum absolute atomic E-state index is 13.9. The van der Waals surface area contributed by atoms with Gasteiger partial charge >= 0.3 is 6.18 Å². The summed E-state index contributed by atoms with van der Waals surface area (Å²) in [6.45, 7) is 5.76. The molecule has 1 heterocycles. The Hall–Kier alpha value is -2.74. The van der Waals surface area contributed by atoms with E-state index in [-0.39, 0.29) is 28.8 Å². The third kappa shape index (κ3) is 5.91. The van der Waals surface area contributed by atoms with Crippen molar-refractivity contribution in [1.29, 1.82) is 5.41 Å². The van der Waals surface area contributed by atoms with Gasteiger partial charge in [0.15, 0.2) is 0 Å². The van der Waals surface area contributed by atoms with Crippen LogP contribution in [0.4, 0.5) is 13.2 Å². The van der Waals surface area contributed by atoms with Gasteiger partial charge in [0.05, 0.1) is 6.54 Å². The summed E-state index contributed by atoms with van der Waals surface area (Å²) in [7, 11) is 1.56. The third-order valence-electron chi connectivity index (χ3n) is 4.54. The van der Waals surface area contributed by atoms with Crippen molar-refractivity contribution in [2.45, 2.75) is 33.5 Å². The standard InChI is InChI=1S/C22H26ClF3N4O/c1-21(2,3)13-29(4)20(31)19-17(15-5-7-16(23)8-6-15)9-18(22(24,25)26)30(19)12-14(10-27)11-28/h5-11,27H,12-13,28H2,1-4H3/b14-11+,27-10?. The Kier molecular flexibility index (Phi) is 7.26. The van der Waals surface area contributed by atoms with E-state index in [0.29, 0.717) is 17.1 Å². The molecule has 0 saturated carbocycles. The van der Waals surface area contributed by atoms with E-state index in [1.807, 2.05) is 20.8 Å². The maximum Gasteiger partial charge on any atom is 0.431 e. The SMILES string of the molecule is CN(CC(C)(C)C)C(=O)c1c(-c2ccc(Cl)cc2)cc(C(F)(F)F)n1C/C(C=N)=C/N. The van der Waals surface area contributed by atoms with Crippen LogP contribution in [0.25, 0.3) is 11.1 Å². The first-order valence-electron chi connectivity index (χ1n) is 9.52. The van der Waals surface area contributed by atoms with E-state index in [0.717, 1.165) is 23.0 Å². The van der Waals surface area contributed by atoms with Crippen molar-refractivity contribution in [3.63, 3.8) is 0 Å². The molecule has 0 fully saturated rings. The van der Waals surface area contributed by atoms with E-state index in [9.17, 15) is 18.0 Å². The predicted molar refractivity (Wildman–Crippen MR) is 117 cm³/mol. The van der Waals surface area contributed by atoms with Crippen molar-refractivity contribution in [3.05, 3.63) is 58.5 Å². The number of carbonyl (C=O) groups is 1. The van der Waals surface area contributed by atoms with Crippen LogP contribution in [0.1, 0.15) is 37.0 Å². The van der Waals surface area contributed by atoms with Gasteiger partial charge in [-0.1, -0.05) is 44.5 Å². The Morgan fingerprint density at radius 2 is 1.81 bits per heavy atom. The van der Waals surface area contributed by atoms with Gasteiger partial charge in [0.25, 0.3) is 5.91 Å². The topological polar surface area (TPSA) is 75.1 Å². The molecule has 0 unspecified atom stereocenters. The lowest BCUT2D eigenvalue weighted by atomic mass is 9.96.